The first kappa shape index (κ1) is 23.0. The fourth-order valence-electron chi connectivity index (χ4n) is 3.86. The Labute approximate surface area is 178 Å². The number of hydrogen-bond acceptors (Lipinski definition) is 4. The van der Waals surface area contributed by atoms with Gasteiger partial charge in [-0.15, -0.1) is 24.2 Å². The molecule has 1 aromatic rings. The molecule has 1 unspecified atom stereocenters. The second-order valence-electron chi connectivity index (χ2n) is 7.61. The maximum absolute atomic E-state index is 12.7. The van der Waals surface area contributed by atoms with Gasteiger partial charge in [0.15, 0.2) is 0 Å². The van der Waals surface area contributed by atoms with Crippen molar-refractivity contribution in [1.82, 2.24) is 16.0 Å². The van der Waals surface area contributed by atoms with E-state index >= 15 is 0 Å². The highest BCUT2D eigenvalue weighted by molar-refractivity contribution is 8.00. The number of benzene rings is 1. The summed E-state index contributed by atoms with van der Waals surface area (Å²) in [5, 5.41) is 9.50. The molecule has 1 aliphatic heterocycles. The van der Waals surface area contributed by atoms with Gasteiger partial charge in [-0.1, -0.05) is 31.4 Å². The van der Waals surface area contributed by atoms with Gasteiger partial charge in [0, 0.05) is 24.0 Å². The van der Waals surface area contributed by atoms with Crippen LogP contribution in [-0.2, 0) is 4.79 Å². The Kier molecular flexibility index (Phi) is 10.2. The van der Waals surface area contributed by atoms with E-state index in [1.807, 2.05) is 24.3 Å². The molecule has 3 rings (SSSR count). The van der Waals surface area contributed by atoms with E-state index in [2.05, 4.69) is 16.0 Å². The van der Waals surface area contributed by atoms with Crippen molar-refractivity contribution >= 4 is 36.0 Å². The van der Waals surface area contributed by atoms with E-state index in [0.29, 0.717) is 17.2 Å². The van der Waals surface area contributed by atoms with Crippen LogP contribution in [0.3, 0.4) is 0 Å². The third-order valence-corrected chi connectivity index (χ3v) is 6.51. The minimum absolute atomic E-state index is 0. The maximum Gasteiger partial charge on any atom is 0.252 e. The van der Waals surface area contributed by atoms with Gasteiger partial charge < -0.3 is 16.0 Å². The number of hydrogen-bond donors (Lipinski definition) is 3. The highest BCUT2D eigenvalue weighted by atomic mass is 35.5. The highest BCUT2D eigenvalue weighted by Crippen LogP contribution is 2.24. The number of carbonyl (C=O) groups excluding carboxylic acids is 2. The molecule has 0 bridgehead atoms. The minimum Gasteiger partial charge on any atom is -0.355 e. The van der Waals surface area contributed by atoms with E-state index in [-0.39, 0.29) is 30.3 Å². The molecule has 2 amide bonds. The monoisotopic (exact) mass is 425 g/mol. The Morgan fingerprint density at radius 3 is 2.61 bits per heavy atom. The number of piperidine rings is 1. The average molecular weight is 426 g/mol. The summed E-state index contributed by atoms with van der Waals surface area (Å²) in [6.45, 7) is 2.63. The van der Waals surface area contributed by atoms with Crippen molar-refractivity contribution in [2.45, 2.75) is 55.9 Å². The highest BCUT2D eigenvalue weighted by Gasteiger charge is 2.19. The third-order valence-electron chi connectivity index (χ3n) is 5.44. The van der Waals surface area contributed by atoms with Crippen molar-refractivity contribution in [3.8, 4) is 0 Å². The molecule has 2 fully saturated rings. The predicted molar refractivity (Wildman–Crippen MR) is 117 cm³/mol. The summed E-state index contributed by atoms with van der Waals surface area (Å²) < 4.78 is 0. The van der Waals surface area contributed by atoms with Gasteiger partial charge >= 0.3 is 0 Å². The van der Waals surface area contributed by atoms with E-state index in [1.54, 1.807) is 0 Å². The number of halogens is 1. The fraction of sp³-hybridized carbons (Fsp3) is 0.619. The van der Waals surface area contributed by atoms with Crippen molar-refractivity contribution in [2.24, 2.45) is 5.92 Å². The van der Waals surface area contributed by atoms with Crippen LogP contribution in [0.4, 0.5) is 0 Å². The van der Waals surface area contributed by atoms with Crippen LogP contribution < -0.4 is 16.0 Å². The SMILES string of the molecule is Cl.O=C(CSc1ccccc1C(=O)NC1CCCNC1)NCC1CCCCC1. The van der Waals surface area contributed by atoms with Crippen LogP contribution in [0.15, 0.2) is 29.2 Å². The quantitative estimate of drug-likeness (QED) is 0.585. The Morgan fingerprint density at radius 1 is 1.07 bits per heavy atom. The van der Waals surface area contributed by atoms with Gasteiger partial charge in [0.2, 0.25) is 5.91 Å². The van der Waals surface area contributed by atoms with Crippen LogP contribution in [0.5, 0.6) is 0 Å². The smallest absolute Gasteiger partial charge is 0.252 e. The zero-order valence-corrected chi connectivity index (χ0v) is 18.0. The molecular formula is C21H32ClN3O2S. The lowest BCUT2D eigenvalue weighted by atomic mass is 9.89. The van der Waals surface area contributed by atoms with E-state index < -0.39 is 0 Å². The Bertz CT molecular complexity index is 632. The normalized spacial score (nSPS) is 20.1. The number of thioether (sulfide) groups is 1. The third kappa shape index (κ3) is 7.30. The molecule has 1 aliphatic carbocycles. The van der Waals surface area contributed by atoms with Crippen molar-refractivity contribution in [1.29, 1.82) is 0 Å². The van der Waals surface area contributed by atoms with Crippen LogP contribution in [0.2, 0.25) is 0 Å². The molecule has 0 spiro atoms. The zero-order valence-electron chi connectivity index (χ0n) is 16.4. The van der Waals surface area contributed by atoms with Gasteiger partial charge in [-0.3, -0.25) is 9.59 Å². The number of nitrogens with one attached hydrogen (secondary N) is 3. The molecule has 5 nitrogen and oxygen atoms in total. The Balaban J connectivity index is 0.00000280. The molecule has 156 valence electrons. The lowest BCUT2D eigenvalue weighted by molar-refractivity contribution is -0.118. The predicted octanol–water partition coefficient (Wildman–Crippen LogP) is 3.38. The van der Waals surface area contributed by atoms with E-state index in [9.17, 15) is 9.59 Å². The van der Waals surface area contributed by atoms with Crippen LogP contribution in [0, 0.1) is 5.92 Å². The Morgan fingerprint density at radius 2 is 1.86 bits per heavy atom. The van der Waals surface area contributed by atoms with Crippen molar-refractivity contribution in [2.75, 3.05) is 25.4 Å². The average Bonchev–Trinajstić information content (AvgIpc) is 2.72. The molecule has 28 heavy (non-hydrogen) atoms. The number of amides is 2. The summed E-state index contributed by atoms with van der Waals surface area (Å²) in [4.78, 5) is 25.7. The fourth-order valence-corrected chi connectivity index (χ4v) is 4.74. The summed E-state index contributed by atoms with van der Waals surface area (Å²) in [5.74, 6) is 0.990. The van der Waals surface area contributed by atoms with Gasteiger partial charge in [-0.2, -0.15) is 0 Å². The summed E-state index contributed by atoms with van der Waals surface area (Å²) in [5.41, 5.74) is 0.660. The molecule has 2 aliphatic rings. The molecular weight excluding hydrogens is 394 g/mol. The van der Waals surface area contributed by atoms with Crippen LogP contribution in [0.1, 0.15) is 55.3 Å². The Hall–Kier alpha value is -1.24. The first-order valence-corrected chi connectivity index (χ1v) is 11.2. The number of carbonyl (C=O) groups is 2. The summed E-state index contributed by atoms with van der Waals surface area (Å²) in [6, 6.07) is 7.74. The second kappa shape index (κ2) is 12.3. The van der Waals surface area contributed by atoms with Crippen LogP contribution in [0.25, 0.3) is 0 Å². The second-order valence-corrected chi connectivity index (χ2v) is 8.63. The van der Waals surface area contributed by atoms with E-state index in [4.69, 9.17) is 0 Å². The van der Waals surface area contributed by atoms with Crippen LogP contribution in [-0.4, -0.2) is 43.2 Å². The molecule has 0 aromatic heterocycles. The minimum atomic E-state index is -0.0468. The molecule has 1 saturated carbocycles. The first-order valence-electron chi connectivity index (χ1n) is 10.2. The first-order chi connectivity index (χ1) is 13.2. The molecule has 0 radical (unpaired) electrons. The van der Waals surface area contributed by atoms with Crippen molar-refractivity contribution in [3.63, 3.8) is 0 Å². The summed E-state index contributed by atoms with van der Waals surface area (Å²) in [7, 11) is 0. The largest absolute Gasteiger partial charge is 0.355 e. The lowest BCUT2D eigenvalue weighted by Gasteiger charge is -2.24. The van der Waals surface area contributed by atoms with Gasteiger partial charge in [0.25, 0.3) is 5.91 Å². The topological polar surface area (TPSA) is 70.2 Å². The standard InChI is InChI=1S/C21H31N3O2S.ClH/c25-20(23-13-16-7-2-1-3-8-16)15-27-19-11-5-4-10-18(19)21(26)24-17-9-6-12-22-14-17;/h4-5,10-11,16-17,22H,1-3,6-9,12-15H2,(H,23,25)(H,24,26);1H. The number of rotatable bonds is 7. The summed E-state index contributed by atoms with van der Waals surface area (Å²) >= 11 is 1.44. The summed E-state index contributed by atoms with van der Waals surface area (Å²) in [6.07, 6.45) is 8.46. The molecule has 1 saturated heterocycles. The van der Waals surface area contributed by atoms with Gasteiger partial charge in [-0.05, 0) is 50.3 Å². The molecule has 1 aromatic carbocycles. The molecule has 1 heterocycles. The lowest BCUT2D eigenvalue weighted by Crippen LogP contribution is -2.45. The van der Waals surface area contributed by atoms with E-state index in [1.165, 1.54) is 43.9 Å². The van der Waals surface area contributed by atoms with Gasteiger partial charge in [0.1, 0.15) is 0 Å². The van der Waals surface area contributed by atoms with E-state index in [0.717, 1.165) is 37.4 Å². The van der Waals surface area contributed by atoms with Crippen LogP contribution >= 0.6 is 24.2 Å². The van der Waals surface area contributed by atoms with Gasteiger partial charge in [0.05, 0.1) is 11.3 Å². The van der Waals surface area contributed by atoms with Crippen molar-refractivity contribution < 1.29 is 9.59 Å². The molecule has 7 heteroatoms. The molecule has 3 N–H and O–H groups in total. The zero-order chi connectivity index (χ0) is 18.9. The van der Waals surface area contributed by atoms with Gasteiger partial charge in [-0.25, -0.2) is 0 Å². The van der Waals surface area contributed by atoms with Crippen molar-refractivity contribution in [3.05, 3.63) is 29.8 Å². The molecule has 1 atom stereocenters. The maximum atomic E-state index is 12.7.